The summed E-state index contributed by atoms with van der Waals surface area (Å²) >= 11 is 0. The molecule has 98 heavy (non-hydrogen) atoms. The molecule has 5 atom stereocenters. The van der Waals surface area contributed by atoms with Crippen LogP contribution in [0.25, 0.3) is 0 Å². The molecule has 0 saturated heterocycles. The first-order valence-electron chi connectivity index (χ1n) is 39.2. The summed E-state index contributed by atoms with van der Waals surface area (Å²) < 4.78 is 68.5. The zero-order chi connectivity index (χ0) is 71.8. The lowest BCUT2D eigenvalue weighted by atomic mass is 10.0. The third-order valence-electron chi connectivity index (χ3n) is 16.7. The lowest BCUT2D eigenvalue weighted by Crippen LogP contribution is -2.30. The molecule has 0 radical (unpaired) electrons. The summed E-state index contributed by atoms with van der Waals surface area (Å²) in [5.41, 5.74) is 0. The van der Waals surface area contributed by atoms with Gasteiger partial charge in [-0.05, 0) is 116 Å². The monoisotopic (exact) mass is 1420 g/mol. The van der Waals surface area contributed by atoms with Crippen LogP contribution in [0.2, 0.25) is 0 Å². The first-order chi connectivity index (χ1) is 47.7. The van der Waals surface area contributed by atoms with Gasteiger partial charge in [0, 0.05) is 25.7 Å². The SMILES string of the molecule is CC/C=C\C/C=C\C/C=C\C/C=C\CCCCC(=O)OCC(COP(=O)(O)OCC(O)COP(=O)(O)OCC(COC(=O)CCCCCCCCCCCCCCCCC)OC(=O)CCCCCCC/C=C\CCCCCC)OC(=O)CCCCCCC/C=C\CCCCCCCC. The number of phosphoric ester groups is 2. The molecule has 5 unspecified atom stereocenters. The molecule has 0 aliphatic heterocycles. The minimum atomic E-state index is -4.98. The molecule has 3 N–H and O–H groups in total. The Hall–Kier alpha value is -3.50. The van der Waals surface area contributed by atoms with Crippen molar-refractivity contribution in [3.05, 3.63) is 72.9 Å². The number of rotatable bonds is 74. The molecule has 17 nitrogen and oxygen atoms in total. The van der Waals surface area contributed by atoms with Crippen LogP contribution < -0.4 is 0 Å². The number of carbonyl (C=O) groups is 4. The number of carbonyl (C=O) groups excluding carboxylic acids is 4. The van der Waals surface area contributed by atoms with Gasteiger partial charge in [0.05, 0.1) is 26.4 Å². The number of hydrogen-bond acceptors (Lipinski definition) is 15. The van der Waals surface area contributed by atoms with Gasteiger partial charge < -0.3 is 33.8 Å². The van der Waals surface area contributed by atoms with Gasteiger partial charge in [-0.15, -0.1) is 0 Å². The second-order valence-corrected chi connectivity index (χ2v) is 29.2. The maximum absolute atomic E-state index is 13.1. The summed E-state index contributed by atoms with van der Waals surface area (Å²) in [7, 11) is -9.95. The van der Waals surface area contributed by atoms with Crippen LogP contribution in [0.15, 0.2) is 72.9 Å². The van der Waals surface area contributed by atoms with Gasteiger partial charge in [0.2, 0.25) is 0 Å². The Kier molecular flexibility index (Phi) is 69.3. The first-order valence-corrected chi connectivity index (χ1v) is 42.2. The quantitative estimate of drug-likeness (QED) is 0.0169. The van der Waals surface area contributed by atoms with E-state index < -0.39 is 97.5 Å². The molecule has 0 aromatic rings. The number of unbranched alkanes of at least 4 members (excludes halogenated alkanes) is 36. The first kappa shape index (κ1) is 94.5. The molecule has 19 heteroatoms. The van der Waals surface area contributed by atoms with Crippen LogP contribution in [0, 0.1) is 0 Å². The van der Waals surface area contributed by atoms with Crippen molar-refractivity contribution in [2.24, 2.45) is 0 Å². The molecule has 0 bridgehead atoms. The van der Waals surface area contributed by atoms with Crippen molar-refractivity contribution in [2.75, 3.05) is 39.6 Å². The maximum atomic E-state index is 13.1. The topological polar surface area (TPSA) is 237 Å². The molecular weight excluding hydrogens is 1280 g/mol. The summed E-state index contributed by atoms with van der Waals surface area (Å²) in [4.78, 5) is 72.9. The lowest BCUT2D eigenvalue weighted by Gasteiger charge is -2.21. The normalized spacial score (nSPS) is 14.3. The zero-order valence-corrected chi connectivity index (χ0v) is 64.0. The highest BCUT2D eigenvalue weighted by atomic mass is 31.2. The smallest absolute Gasteiger partial charge is 0.462 e. The Morgan fingerprint density at radius 1 is 0.296 bits per heavy atom. The van der Waals surface area contributed by atoms with Gasteiger partial charge in [0.1, 0.15) is 19.3 Å². The largest absolute Gasteiger partial charge is 0.472 e. The summed E-state index contributed by atoms with van der Waals surface area (Å²) in [6.07, 6.45) is 71.7. The summed E-state index contributed by atoms with van der Waals surface area (Å²) in [6.45, 7) is 4.73. The van der Waals surface area contributed by atoms with E-state index in [4.69, 9.17) is 37.0 Å². The molecular formula is C79H142O17P2. The molecule has 0 saturated carbocycles. The van der Waals surface area contributed by atoms with Crippen molar-refractivity contribution in [3.8, 4) is 0 Å². The van der Waals surface area contributed by atoms with Crippen LogP contribution in [-0.4, -0.2) is 96.7 Å². The minimum absolute atomic E-state index is 0.0782. The number of hydrogen-bond donors (Lipinski definition) is 3. The minimum Gasteiger partial charge on any atom is -0.462 e. The number of phosphoric acid groups is 2. The van der Waals surface area contributed by atoms with Crippen molar-refractivity contribution in [2.45, 2.75) is 367 Å². The molecule has 0 aromatic carbocycles. The average Bonchev–Trinajstić information content (AvgIpc) is 1.04. The van der Waals surface area contributed by atoms with Crippen LogP contribution in [0.3, 0.4) is 0 Å². The van der Waals surface area contributed by atoms with E-state index in [1.807, 2.05) is 0 Å². The van der Waals surface area contributed by atoms with Crippen LogP contribution in [0.5, 0.6) is 0 Å². The molecule has 0 aromatic heterocycles. The van der Waals surface area contributed by atoms with E-state index in [-0.39, 0.29) is 25.7 Å². The number of ether oxygens (including phenoxy) is 4. The highest BCUT2D eigenvalue weighted by molar-refractivity contribution is 7.47. The van der Waals surface area contributed by atoms with Crippen molar-refractivity contribution < 1.29 is 80.2 Å². The molecule has 0 heterocycles. The second-order valence-electron chi connectivity index (χ2n) is 26.3. The van der Waals surface area contributed by atoms with Gasteiger partial charge >= 0.3 is 39.5 Å². The van der Waals surface area contributed by atoms with Crippen LogP contribution in [0.4, 0.5) is 0 Å². The lowest BCUT2D eigenvalue weighted by molar-refractivity contribution is -0.161. The number of aliphatic hydroxyl groups is 1. The van der Waals surface area contributed by atoms with Gasteiger partial charge in [0.15, 0.2) is 12.2 Å². The van der Waals surface area contributed by atoms with Crippen molar-refractivity contribution in [1.29, 1.82) is 0 Å². The maximum Gasteiger partial charge on any atom is 0.472 e. The zero-order valence-electron chi connectivity index (χ0n) is 62.2. The van der Waals surface area contributed by atoms with Gasteiger partial charge in [-0.25, -0.2) is 9.13 Å². The van der Waals surface area contributed by atoms with E-state index in [1.54, 1.807) is 0 Å². The van der Waals surface area contributed by atoms with Crippen LogP contribution in [-0.2, 0) is 65.4 Å². The standard InChI is InChI=1S/C79H142O17P2/c1-5-9-13-17-21-25-29-33-36-40-43-47-51-55-59-63-76(81)89-69-74(95-78(83)65-61-57-53-49-45-39-32-28-24-20-16-12-8-4)71-93-97(85,86)91-67-73(80)68-92-98(87,88)94-72-75(96-79(84)66-62-58-54-50-46-42-38-35-31-27-23-19-15-11-7-3)70-90-77(82)64-60-56-52-48-44-41-37-34-30-26-22-18-14-10-6-2/h10,14,22,26,28,32,34-35,37-38,44,48,73-75,80H,5-9,11-13,15-21,23-25,27,29-31,33,36,39-43,45-47,49-72H2,1-4H3,(H,85,86)(H,87,88)/b14-10-,26-22-,32-28-,37-34-,38-35-,48-44-. The van der Waals surface area contributed by atoms with Gasteiger partial charge in [0.25, 0.3) is 0 Å². The highest BCUT2D eigenvalue weighted by Gasteiger charge is 2.30. The van der Waals surface area contributed by atoms with Crippen molar-refractivity contribution in [3.63, 3.8) is 0 Å². The Bertz CT molecular complexity index is 2140. The Labute approximate surface area is 596 Å². The molecule has 0 amide bonds. The fourth-order valence-electron chi connectivity index (χ4n) is 10.7. The molecule has 0 rings (SSSR count). The number of esters is 4. The van der Waals surface area contributed by atoms with Crippen LogP contribution in [0.1, 0.15) is 349 Å². The van der Waals surface area contributed by atoms with Crippen LogP contribution >= 0.6 is 15.6 Å². The molecule has 0 spiro atoms. The Morgan fingerprint density at radius 2 is 0.531 bits per heavy atom. The third-order valence-corrected chi connectivity index (χ3v) is 18.6. The summed E-state index contributed by atoms with van der Waals surface area (Å²) in [6, 6.07) is 0. The van der Waals surface area contributed by atoms with E-state index in [9.17, 15) is 43.2 Å². The number of allylic oxidation sites excluding steroid dienone is 12. The highest BCUT2D eigenvalue weighted by Crippen LogP contribution is 2.45. The fourth-order valence-corrected chi connectivity index (χ4v) is 12.3. The molecule has 570 valence electrons. The van der Waals surface area contributed by atoms with E-state index in [1.165, 1.54) is 135 Å². The van der Waals surface area contributed by atoms with Gasteiger partial charge in [-0.2, -0.15) is 0 Å². The van der Waals surface area contributed by atoms with E-state index in [0.29, 0.717) is 25.7 Å². The molecule has 0 aliphatic rings. The van der Waals surface area contributed by atoms with Crippen molar-refractivity contribution in [1.82, 2.24) is 0 Å². The van der Waals surface area contributed by atoms with Crippen molar-refractivity contribution >= 4 is 39.5 Å². The fraction of sp³-hybridized carbons (Fsp3) is 0.797. The molecule has 0 aliphatic carbocycles. The summed E-state index contributed by atoms with van der Waals surface area (Å²) in [5, 5.41) is 10.6. The number of aliphatic hydroxyl groups excluding tert-OH is 1. The second kappa shape index (κ2) is 71.9. The molecule has 0 fully saturated rings. The van der Waals surface area contributed by atoms with E-state index >= 15 is 0 Å². The van der Waals surface area contributed by atoms with E-state index in [0.717, 1.165) is 135 Å². The predicted molar refractivity (Wildman–Crippen MR) is 400 cm³/mol. The average molecular weight is 1430 g/mol. The van der Waals surface area contributed by atoms with E-state index in [2.05, 4.69) is 101 Å². The third kappa shape index (κ3) is 70.9. The Balaban J connectivity index is 5.36. The van der Waals surface area contributed by atoms with Gasteiger partial charge in [-0.3, -0.25) is 37.3 Å². The summed E-state index contributed by atoms with van der Waals surface area (Å²) in [5.74, 6) is -2.21. The predicted octanol–water partition coefficient (Wildman–Crippen LogP) is 22.4. The Morgan fingerprint density at radius 3 is 0.857 bits per heavy atom. The van der Waals surface area contributed by atoms with Gasteiger partial charge in [-0.1, -0.05) is 280 Å².